The predicted octanol–water partition coefficient (Wildman–Crippen LogP) is 4.33. The molecule has 1 aromatic heterocycles. The third kappa shape index (κ3) is 9.63. The maximum atomic E-state index is 13.1. The van der Waals surface area contributed by atoms with Gasteiger partial charge < -0.3 is 24.8 Å². The maximum Gasteiger partial charge on any atom is 0.408 e. The number of alkyl carbamates (subject to hydrolysis) is 1. The fourth-order valence-corrected chi connectivity index (χ4v) is 4.01. The second kappa shape index (κ2) is 15.6. The summed E-state index contributed by atoms with van der Waals surface area (Å²) in [5, 5.41) is 23.5. The van der Waals surface area contributed by atoms with Crippen LogP contribution >= 0.6 is 0 Å². The molecule has 13 heteroatoms. The Labute approximate surface area is 248 Å². The van der Waals surface area contributed by atoms with Gasteiger partial charge in [0, 0.05) is 30.9 Å². The summed E-state index contributed by atoms with van der Waals surface area (Å²) in [5.41, 5.74) is 1.14. The lowest BCUT2D eigenvalue weighted by molar-refractivity contribution is -0.385. The van der Waals surface area contributed by atoms with Gasteiger partial charge in [-0.1, -0.05) is 43.0 Å². The lowest BCUT2D eigenvalue weighted by Crippen LogP contribution is -2.42. The van der Waals surface area contributed by atoms with Crippen molar-refractivity contribution in [2.45, 2.75) is 38.8 Å². The zero-order chi connectivity index (χ0) is 31.4. The van der Waals surface area contributed by atoms with Crippen LogP contribution in [-0.4, -0.2) is 69.1 Å². The summed E-state index contributed by atoms with van der Waals surface area (Å²) >= 11 is 0. The zero-order valence-corrected chi connectivity index (χ0v) is 23.9. The number of unbranched alkanes of at least 4 members (excludes halogenated alkanes) is 1. The van der Waals surface area contributed by atoms with Crippen LogP contribution in [0.15, 0.2) is 67.3 Å². The number of hydrogen-bond donors (Lipinski definition) is 2. The Balaban J connectivity index is 1.58. The van der Waals surface area contributed by atoms with E-state index in [4.69, 9.17) is 9.47 Å². The van der Waals surface area contributed by atoms with E-state index in [1.54, 1.807) is 14.0 Å². The van der Waals surface area contributed by atoms with E-state index in [0.717, 1.165) is 11.6 Å². The number of phenolic OH excluding ortho intramolecular Hbond substituents is 1. The van der Waals surface area contributed by atoms with Crippen LogP contribution in [0.25, 0.3) is 11.4 Å². The molecule has 0 spiro atoms. The van der Waals surface area contributed by atoms with E-state index >= 15 is 0 Å². The molecule has 43 heavy (non-hydrogen) atoms. The van der Waals surface area contributed by atoms with Crippen LogP contribution in [0.5, 0.6) is 5.75 Å². The highest BCUT2D eigenvalue weighted by atomic mass is 16.6. The number of phenols is 1. The molecular weight excluding hydrogens is 558 g/mol. The van der Waals surface area contributed by atoms with Crippen molar-refractivity contribution in [2.24, 2.45) is 0 Å². The van der Waals surface area contributed by atoms with Gasteiger partial charge in [-0.05, 0) is 49.9 Å². The van der Waals surface area contributed by atoms with E-state index in [1.807, 2.05) is 30.3 Å². The van der Waals surface area contributed by atoms with Crippen molar-refractivity contribution >= 4 is 23.7 Å². The highest BCUT2D eigenvalue weighted by molar-refractivity contribution is 5.92. The van der Waals surface area contributed by atoms with Gasteiger partial charge >= 0.3 is 17.7 Å². The number of nitrogens with zero attached hydrogens (tertiary/aromatic N) is 4. The molecule has 0 aliphatic carbocycles. The Kier molecular flexibility index (Phi) is 11.7. The van der Waals surface area contributed by atoms with Gasteiger partial charge in [-0.15, -0.1) is 0 Å². The zero-order valence-electron chi connectivity index (χ0n) is 23.9. The minimum absolute atomic E-state index is 0.00879. The standard InChI is InChI=1S/C30H33N5O8/c1-4-16-42-29(38)23(33-30(39)43-19-21-10-6-5-7-11-21)12-8-9-15-34(3)28(37)24-17-20(2)31-27(32-24)22-13-14-26(36)25(18-22)35(40)41/h4-7,10-11,13-14,17-18,23,36H,1,8-9,12,15-16,19H2,2-3H3,(H,33,39)/t23-/m0/s1. The van der Waals surface area contributed by atoms with Crippen LogP contribution < -0.4 is 5.32 Å². The predicted molar refractivity (Wildman–Crippen MR) is 156 cm³/mol. The number of nitro groups is 1. The second-order valence-corrected chi connectivity index (χ2v) is 9.58. The monoisotopic (exact) mass is 591 g/mol. The van der Waals surface area contributed by atoms with Gasteiger partial charge in [0.2, 0.25) is 0 Å². The molecule has 1 atom stereocenters. The number of nitrogens with one attached hydrogen (secondary N) is 1. The largest absolute Gasteiger partial charge is 0.502 e. The molecule has 0 unspecified atom stereocenters. The number of benzene rings is 2. The summed E-state index contributed by atoms with van der Waals surface area (Å²) < 4.78 is 10.3. The summed E-state index contributed by atoms with van der Waals surface area (Å²) in [6.45, 7) is 5.54. The molecule has 3 rings (SSSR count). The van der Waals surface area contributed by atoms with E-state index in [1.165, 1.54) is 29.2 Å². The summed E-state index contributed by atoms with van der Waals surface area (Å²) in [6.07, 6.45) is 1.87. The first-order valence-corrected chi connectivity index (χ1v) is 13.4. The van der Waals surface area contributed by atoms with Crippen LogP contribution in [0.2, 0.25) is 0 Å². The van der Waals surface area contributed by atoms with Crippen molar-refractivity contribution in [1.29, 1.82) is 0 Å². The molecule has 1 heterocycles. The normalized spacial score (nSPS) is 11.2. The molecule has 0 aliphatic heterocycles. The first-order chi connectivity index (χ1) is 20.6. The number of aryl methyl sites for hydroxylation is 1. The molecule has 0 bridgehead atoms. The first-order valence-electron chi connectivity index (χ1n) is 13.4. The average Bonchev–Trinajstić information content (AvgIpc) is 3.00. The molecule has 3 aromatic rings. The Morgan fingerprint density at radius 1 is 1.12 bits per heavy atom. The van der Waals surface area contributed by atoms with Crippen LogP contribution in [0.1, 0.15) is 41.0 Å². The number of carbonyl (C=O) groups is 3. The number of aromatic hydroxyl groups is 1. The number of hydrogen-bond acceptors (Lipinski definition) is 10. The topological polar surface area (TPSA) is 174 Å². The Bertz CT molecular complexity index is 1460. The van der Waals surface area contributed by atoms with Gasteiger partial charge in [0.05, 0.1) is 4.92 Å². The van der Waals surface area contributed by atoms with Crippen molar-refractivity contribution in [1.82, 2.24) is 20.2 Å². The van der Waals surface area contributed by atoms with Gasteiger partial charge in [-0.25, -0.2) is 19.6 Å². The van der Waals surface area contributed by atoms with Gasteiger partial charge in [-0.3, -0.25) is 14.9 Å². The smallest absolute Gasteiger partial charge is 0.408 e. The van der Waals surface area contributed by atoms with Crippen LogP contribution in [-0.2, 0) is 20.9 Å². The van der Waals surface area contributed by atoms with Crippen LogP contribution in [0.3, 0.4) is 0 Å². The van der Waals surface area contributed by atoms with Crippen LogP contribution in [0.4, 0.5) is 10.5 Å². The molecule has 0 saturated heterocycles. The van der Waals surface area contributed by atoms with E-state index in [0.29, 0.717) is 25.1 Å². The van der Waals surface area contributed by atoms with Crippen molar-refractivity contribution < 1.29 is 33.9 Å². The number of aromatic nitrogens is 2. The molecule has 13 nitrogen and oxygen atoms in total. The third-order valence-electron chi connectivity index (χ3n) is 6.22. The van der Waals surface area contributed by atoms with Crippen molar-refractivity contribution in [3.05, 3.63) is 94.3 Å². The molecule has 0 radical (unpaired) electrons. The highest BCUT2D eigenvalue weighted by Crippen LogP contribution is 2.30. The fourth-order valence-electron chi connectivity index (χ4n) is 4.01. The Hall–Kier alpha value is -5.33. The molecule has 0 aliphatic rings. The number of ether oxygens (including phenoxy) is 2. The number of carbonyl (C=O) groups excluding carboxylic acids is 3. The van der Waals surface area contributed by atoms with Crippen molar-refractivity contribution in [2.75, 3.05) is 20.2 Å². The highest BCUT2D eigenvalue weighted by Gasteiger charge is 2.23. The number of nitro benzene ring substituents is 1. The molecule has 2 aromatic carbocycles. The van der Waals surface area contributed by atoms with Crippen molar-refractivity contribution in [3.63, 3.8) is 0 Å². The van der Waals surface area contributed by atoms with E-state index in [9.17, 15) is 29.6 Å². The fraction of sp³-hybridized carbons (Fsp3) is 0.300. The van der Waals surface area contributed by atoms with Gasteiger partial charge in [0.15, 0.2) is 11.6 Å². The third-order valence-corrected chi connectivity index (χ3v) is 6.22. The second-order valence-electron chi connectivity index (χ2n) is 9.58. The molecule has 2 N–H and O–H groups in total. The van der Waals surface area contributed by atoms with Crippen molar-refractivity contribution in [3.8, 4) is 17.1 Å². The van der Waals surface area contributed by atoms with Gasteiger partial charge in [0.1, 0.15) is 24.9 Å². The summed E-state index contributed by atoms with van der Waals surface area (Å²) in [5.74, 6) is -1.41. The minimum Gasteiger partial charge on any atom is -0.502 e. The summed E-state index contributed by atoms with van der Waals surface area (Å²) in [4.78, 5) is 58.5. The molecule has 226 valence electrons. The number of rotatable bonds is 14. The van der Waals surface area contributed by atoms with Gasteiger partial charge in [-0.2, -0.15) is 0 Å². The van der Waals surface area contributed by atoms with Crippen LogP contribution in [0, 0.1) is 17.0 Å². The average molecular weight is 592 g/mol. The van der Waals surface area contributed by atoms with Gasteiger partial charge in [0.25, 0.3) is 5.91 Å². The lowest BCUT2D eigenvalue weighted by Gasteiger charge is -2.19. The van der Waals surface area contributed by atoms with E-state index in [-0.39, 0.29) is 36.7 Å². The summed E-state index contributed by atoms with van der Waals surface area (Å²) in [7, 11) is 1.60. The molecular formula is C30H33N5O8. The maximum absolute atomic E-state index is 13.1. The Morgan fingerprint density at radius 3 is 2.56 bits per heavy atom. The SMILES string of the molecule is C=CCOC(=O)[C@H](CCCCN(C)C(=O)c1cc(C)nc(-c2ccc(O)c([N+](=O)[O-])c2)n1)NC(=O)OCc1ccccc1. The molecule has 0 fully saturated rings. The first kappa shape index (κ1) is 32.2. The summed E-state index contributed by atoms with van der Waals surface area (Å²) in [6, 6.07) is 13.4. The number of esters is 1. The molecule has 0 saturated carbocycles. The van der Waals surface area contributed by atoms with E-state index in [2.05, 4.69) is 21.9 Å². The lowest BCUT2D eigenvalue weighted by atomic mass is 10.1. The minimum atomic E-state index is -0.953. The van der Waals surface area contributed by atoms with E-state index < -0.39 is 40.4 Å². The number of amides is 2. The quantitative estimate of drug-likeness (QED) is 0.0902. The molecule has 2 amide bonds. The Morgan fingerprint density at radius 2 is 1.86 bits per heavy atom.